The van der Waals surface area contributed by atoms with Gasteiger partial charge >= 0.3 is 0 Å². The number of nitrogens with zero attached hydrogens (tertiary/aromatic N) is 2. The second-order valence-electron chi connectivity index (χ2n) is 6.86. The Kier molecular flexibility index (Phi) is 5.53. The molecule has 0 unspecified atom stereocenters. The van der Waals surface area contributed by atoms with Crippen LogP contribution in [0.4, 0.5) is 0 Å². The lowest BCUT2D eigenvalue weighted by molar-refractivity contribution is -0.0162. The van der Waals surface area contributed by atoms with Crippen LogP contribution in [0.2, 0.25) is 0 Å². The minimum absolute atomic E-state index is 0.550. The Balaban J connectivity index is 2.13. The van der Waals surface area contributed by atoms with Gasteiger partial charge in [0, 0.05) is 13.0 Å². The van der Waals surface area contributed by atoms with Crippen molar-refractivity contribution >= 4 is 15.9 Å². The molecule has 2 rings (SSSR count). The first-order valence-corrected chi connectivity index (χ1v) is 9.16. The molecule has 1 fully saturated rings. The highest BCUT2D eigenvalue weighted by molar-refractivity contribution is 9.10. The fourth-order valence-corrected chi connectivity index (χ4v) is 4.22. The molecule has 0 atom stereocenters. The molecule has 0 saturated heterocycles. The Bertz CT molecular complexity index is 473. The van der Waals surface area contributed by atoms with Crippen molar-refractivity contribution in [3.8, 4) is 0 Å². The summed E-state index contributed by atoms with van der Waals surface area (Å²) < 4.78 is 3.15. The van der Waals surface area contributed by atoms with Crippen molar-refractivity contribution in [2.75, 3.05) is 0 Å². The molecule has 0 bridgehead atoms. The van der Waals surface area contributed by atoms with Crippen LogP contribution in [0.15, 0.2) is 4.47 Å². The average Bonchev–Trinajstić information content (AvgIpc) is 2.75. The number of halogens is 1. The van der Waals surface area contributed by atoms with Crippen LogP contribution in [0, 0.1) is 11.8 Å². The molecule has 4 heteroatoms. The lowest BCUT2D eigenvalue weighted by Crippen LogP contribution is -2.38. The van der Waals surface area contributed by atoms with Crippen LogP contribution in [0.25, 0.3) is 0 Å². The van der Waals surface area contributed by atoms with E-state index in [1.165, 1.54) is 5.69 Å². The molecule has 0 aliphatic heterocycles. The zero-order valence-electron chi connectivity index (χ0n) is 13.8. The molecule has 1 N–H and O–H groups in total. The molecule has 120 valence electrons. The highest BCUT2D eigenvalue weighted by Gasteiger charge is 2.36. The summed E-state index contributed by atoms with van der Waals surface area (Å²) in [6.45, 7) is 9.69. The summed E-state index contributed by atoms with van der Waals surface area (Å²) in [6, 6.07) is 0. The van der Waals surface area contributed by atoms with E-state index in [4.69, 9.17) is 0 Å². The summed E-state index contributed by atoms with van der Waals surface area (Å²) >= 11 is 3.69. The number of aliphatic hydroxyl groups is 1. The van der Waals surface area contributed by atoms with E-state index in [0.29, 0.717) is 0 Å². The van der Waals surface area contributed by atoms with E-state index in [0.717, 1.165) is 67.1 Å². The molecule has 0 amide bonds. The van der Waals surface area contributed by atoms with Gasteiger partial charge in [-0.15, -0.1) is 0 Å². The molecule has 1 aromatic rings. The zero-order chi connectivity index (χ0) is 15.6. The first-order chi connectivity index (χ1) is 9.90. The standard InChI is InChI=1S/C17H29BrN2O/c1-5-14-16(18)15(20(6-2)19-14)11-17(21)9-7-13(8-10-17)12(3)4/h12-13,21H,5-11H2,1-4H3. The fourth-order valence-electron chi connectivity index (χ4n) is 3.52. The molecule has 0 radical (unpaired) electrons. The number of rotatable bonds is 5. The Labute approximate surface area is 137 Å². The second-order valence-corrected chi connectivity index (χ2v) is 7.65. The van der Waals surface area contributed by atoms with Crippen LogP contribution in [0.5, 0.6) is 0 Å². The molecule has 1 aliphatic carbocycles. The van der Waals surface area contributed by atoms with Gasteiger partial charge in [0.25, 0.3) is 0 Å². The number of hydrogen-bond acceptors (Lipinski definition) is 2. The first-order valence-electron chi connectivity index (χ1n) is 8.36. The van der Waals surface area contributed by atoms with E-state index in [2.05, 4.69) is 53.4 Å². The summed E-state index contributed by atoms with van der Waals surface area (Å²) in [5.74, 6) is 1.50. The molecule has 3 nitrogen and oxygen atoms in total. The maximum atomic E-state index is 11.0. The number of hydrogen-bond donors (Lipinski definition) is 1. The van der Waals surface area contributed by atoms with Crippen molar-refractivity contribution in [1.29, 1.82) is 0 Å². The van der Waals surface area contributed by atoms with Gasteiger partial charge in [0.2, 0.25) is 0 Å². The predicted molar refractivity (Wildman–Crippen MR) is 90.4 cm³/mol. The quantitative estimate of drug-likeness (QED) is 0.851. The van der Waals surface area contributed by atoms with E-state index >= 15 is 0 Å². The molecular formula is C17H29BrN2O. The van der Waals surface area contributed by atoms with Gasteiger partial charge in [-0.2, -0.15) is 5.10 Å². The van der Waals surface area contributed by atoms with E-state index in [-0.39, 0.29) is 0 Å². The zero-order valence-corrected chi connectivity index (χ0v) is 15.4. The maximum absolute atomic E-state index is 11.0. The smallest absolute Gasteiger partial charge is 0.0766 e. The van der Waals surface area contributed by atoms with Crippen LogP contribution in [0.1, 0.15) is 64.8 Å². The van der Waals surface area contributed by atoms with Gasteiger partial charge in [-0.05, 0) is 66.8 Å². The molecule has 0 aromatic carbocycles. The van der Waals surface area contributed by atoms with Crippen molar-refractivity contribution in [2.24, 2.45) is 11.8 Å². The Morgan fingerprint density at radius 3 is 2.43 bits per heavy atom. The van der Waals surface area contributed by atoms with E-state index in [1.807, 2.05) is 0 Å². The highest BCUT2D eigenvalue weighted by atomic mass is 79.9. The first kappa shape index (κ1) is 17.0. The average molecular weight is 357 g/mol. The SMILES string of the molecule is CCc1nn(CC)c(CC2(O)CCC(C(C)C)CC2)c1Br. The van der Waals surface area contributed by atoms with Gasteiger partial charge in [-0.3, -0.25) is 4.68 Å². The van der Waals surface area contributed by atoms with Crippen molar-refractivity contribution in [1.82, 2.24) is 9.78 Å². The molecule has 0 spiro atoms. The molecule has 1 heterocycles. The van der Waals surface area contributed by atoms with Crippen LogP contribution in [0.3, 0.4) is 0 Å². The fraction of sp³-hybridized carbons (Fsp3) is 0.824. The lowest BCUT2D eigenvalue weighted by atomic mass is 9.73. The normalized spacial score (nSPS) is 26.5. The van der Waals surface area contributed by atoms with Crippen molar-refractivity contribution < 1.29 is 5.11 Å². The largest absolute Gasteiger partial charge is 0.389 e. The van der Waals surface area contributed by atoms with Crippen LogP contribution < -0.4 is 0 Å². The van der Waals surface area contributed by atoms with Gasteiger partial charge in [-0.1, -0.05) is 20.8 Å². The maximum Gasteiger partial charge on any atom is 0.0766 e. The third-order valence-corrected chi connectivity index (χ3v) is 6.01. The molecule has 1 aromatic heterocycles. The summed E-state index contributed by atoms with van der Waals surface area (Å²) in [6.07, 6.45) is 5.77. The van der Waals surface area contributed by atoms with Crippen LogP contribution in [-0.2, 0) is 19.4 Å². The minimum atomic E-state index is -0.550. The highest BCUT2D eigenvalue weighted by Crippen LogP contribution is 2.39. The van der Waals surface area contributed by atoms with Gasteiger partial charge < -0.3 is 5.11 Å². The van der Waals surface area contributed by atoms with Gasteiger partial charge in [0.15, 0.2) is 0 Å². The molecule has 1 aliphatic rings. The Hall–Kier alpha value is -0.350. The monoisotopic (exact) mass is 356 g/mol. The molecule has 21 heavy (non-hydrogen) atoms. The molecule has 1 saturated carbocycles. The lowest BCUT2D eigenvalue weighted by Gasteiger charge is -2.37. The van der Waals surface area contributed by atoms with Crippen molar-refractivity contribution in [3.05, 3.63) is 15.9 Å². The van der Waals surface area contributed by atoms with Crippen LogP contribution >= 0.6 is 15.9 Å². The summed E-state index contributed by atoms with van der Waals surface area (Å²) in [7, 11) is 0. The summed E-state index contributed by atoms with van der Waals surface area (Å²) in [4.78, 5) is 0. The number of aromatic nitrogens is 2. The van der Waals surface area contributed by atoms with E-state index in [1.54, 1.807) is 0 Å². The van der Waals surface area contributed by atoms with Crippen LogP contribution in [-0.4, -0.2) is 20.5 Å². The topological polar surface area (TPSA) is 38.0 Å². The third-order valence-electron chi connectivity index (χ3n) is 5.09. The second kappa shape index (κ2) is 6.82. The van der Waals surface area contributed by atoms with E-state index in [9.17, 15) is 5.11 Å². The van der Waals surface area contributed by atoms with Crippen molar-refractivity contribution in [2.45, 2.75) is 78.4 Å². The van der Waals surface area contributed by atoms with Crippen molar-refractivity contribution in [3.63, 3.8) is 0 Å². The van der Waals surface area contributed by atoms with Gasteiger partial charge in [-0.25, -0.2) is 0 Å². The molecular weight excluding hydrogens is 328 g/mol. The number of aryl methyl sites for hydroxylation is 2. The van der Waals surface area contributed by atoms with Gasteiger partial charge in [0.1, 0.15) is 0 Å². The predicted octanol–water partition coefficient (Wildman–Crippen LogP) is 4.35. The minimum Gasteiger partial charge on any atom is -0.389 e. The Morgan fingerprint density at radius 2 is 1.95 bits per heavy atom. The summed E-state index contributed by atoms with van der Waals surface area (Å²) in [5, 5.41) is 15.6. The van der Waals surface area contributed by atoms with E-state index < -0.39 is 5.60 Å². The Morgan fingerprint density at radius 1 is 1.33 bits per heavy atom. The third kappa shape index (κ3) is 3.70. The van der Waals surface area contributed by atoms with Gasteiger partial charge in [0.05, 0.1) is 21.5 Å². The summed E-state index contributed by atoms with van der Waals surface area (Å²) in [5.41, 5.74) is 1.72.